The van der Waals surface area contributed by atoms with Crippen LogP contribution in [0.2, 0.25) is 0 Å². The van der Waals surface area contributed by atoms with Crippen LogP contribution in [-0.2, 0) is 13.0 Å². The highest BCUT2D eigenvalue weighted by Gasteiger charge is 2.20. The Hall–Kier alpha value is -1.36. The van der Waals surface area contributed by atoms with Gasteiger partial charge in [0.25, 0.3) is 0 Å². The average molecular weight is 289 g/mol. The number of rotatable bonds is 4. The summed E-state index contributed by atoms with van der Waals surface area (Å²) in [6, 6.07) is 9.86. The van der Waals surface area contributed by atoms with Crippen molar-refractivity contribution in [1.82, 2.24) is 4.90 Å². The molecule has 1 aliphatic rings. The summed E-state index contributed by atoms with van der Waals surface area (Å²) < 4.78 is 5.14. The summed E-state index contributed by atoms with van der Waals surface area (Å²) >= 11 is 1.84. The Kier molecular flexibility index (Phi) is 4.05. The van der Waals surface area contributed by atoms with E-state index in [-0.39, 0.29) is 0 Å². The minimum absolute atomic E-state index is 0.443. The van der Waals surface area contributed by atoms with Gasteiger partial charge in [-0.25, -0.2) is 0 Å². The predicted octanol–water partition coefficient (Wildman–Crippen LogP) is 2.85. The predicted molar refractivity (Wildman–Crippen MR) is 81.3 cm³/mol. The van der Waals surface area contributed by atoms with Crippen LogP contribution in [0.4, 0.5) is 0 Å². The lowest BCUT2D eigenvalue weighted by Crippen LogP contribution is -2.33. The van der Waals surface area contributed by atoms with Crippen LogP contribution in [0.1, 0.15) is 22.1 Å². The number of aliphatic hydroxyl groups is 1. The molecule has 0 aliphatic carbocycles. The van der Waals surface area contributed by atoms with Crippen molar-refractivity contribution in [3.63, 3.8) is 0 Å². The summed E-state index contributed by atoms with van der Waals surface area (Å²) in [7, 11) is 1.65. The van der Waals surface area contributed by atoms with E-state index in [9.17, 15) is 5.11 Å². The quantitative estimate of drug-likeness (QED) is 0.939. The zero-order valence-corrected chi connectivity index (χ0v) is 12.4. The molecular formula is C16H19NO2S. The number of fused-ring (bicyclic) bond motifs is 1. The minimum atomic E-state index is -0.443. The molecule has 106 valence electrons. The van der Waals surface area contributed by atoms with Crippen molar-refractivity contribution in [2.75, 3.05) is 20.2 Å². The molecule has 0 amide bonds. The lowest BCUT2D eigenvalue weighted by molar-refractivity contribution is 0.106. The number of hydrogen-bond donors (Lipinski definition) is 1. The topological polar surface area (TPSA) is 32.7 Å². The van der Waals surface area contributed by atoms with Gasteiger partial charge >= 0.3 is 0 Å². The van der Waals surface area contributed by atoms with Crippen molar-refractivity contribution in [2.45, 2.75) is 19.1 Å². The summed E-state index contributed by atoms with van der Waals surface area (Å²) in [5, 5.41) is 12.5. The highest BCUT2D eigenvalue weighted by molar-refractivity contribution is 7.10. The van der Waals surface area contributed by atoms with Crippen LogP contribution in [0.15, 0.2) is 35.7 Å². The van der Waals surface area contributed by atoms with Crippen molar-refractivity contribution in [3.8, 4) is 5.75 Å². The molecule has 4 heteroatoms. The van der Waals surface area contributed by atoms with Gasteiger partial charge in [-0.1, -0.05) is 12.1 Å². The SMILES string of the molecule is COc1ccc(C(O)CN2CCc3sccc3C2)cc1. The van der Waals surface area contributed by atoms with Gasteiger partial charge in [-0.3, -0.25) is 4.90 Å². The Morgan fingerprint density at radius 3 is 2.85 bits per heavy atom. The van der Waals surface area contributed by atoms with E-state index >= 15 is 0 Å². The van der Waals surface area contributed by atoms with Crippen LogP contribution >= 0.6 is 11.3 Å². The normalized spacial score (nSPS) is 16.7. The first kappa shape index (κ1) is 13.6. The molecule has 2 heterocycles. The molecule has 2 aromatic rings. The zero-order chi connectivity index (χ0) is 13.9. The molecule has 1 aromatic heterocycles. The van der Waals surface area contributed by atoms with E-state index in [0.717, 1.165) is 30.8 Å². The molecule has 3 nitrogen and oxygen atoms in total. The summed E-state index contributed by atoms with van der Waals surface area (Å²) in [6.45, 7) is 2.66. The van der Waals surface area contributed by atoms with Crippen molar-refractivity contribution in [2.24, 2.45) is 0 Å². The Labute approximate surface area is 123 Å². The maximum atomic E-state index is 10.4. The van der Waals surface area contributed by atoms with Gasteiger partial charge in [0.1, 0.15) is 5.75 Å². The molecule has 1 aliphatic heterocycles. The number of hydrogen-bond acceptors (Lipinski definition) is 4. The van der Waals surface area contributed by atoms with Crippen LogP contribution in [0.5, 0.6) is 5.75 Å². The van der Waals surface area contributed by atoms with Gasteiger partial charge in [-0.15, -0.1) is 11.3 Å². The van der Waals surface area contributed by atoms with E-state index in [2.05, 4.69) is 16.3 Å². The molecule has 0 bridgehead atoms. The largest absolute Gasteiger partial charge is 0.497 e. The first-order valence-corrected chi connectivity index (χ1v) is 7.74. The van der Waals surface area contributed by atoms with Crippen LogP contribution in [0, 0.1) is 0 Å². The Bertz CT molecular complexity index is 564. The van der Waals surface area contributed by atoms with Crippen molar-refractivity contribution < 1.29 is 9.84 Å². The zero-order valence-electron chi connectivity index (χ0n) is 11.6. The van der Waals surface area contributed by atoms with E-state index in [4.69, 9.17) is 4.74 Å². The first-order valence-electron chi connectivity index (χ1n) is 6.86. The molecule has 0 radical (unpaired) electrons. The molecule has 3 rings (SSSR count). The molecule has 0 spiro atoms. The van der Waals surface area contributed by atoms with Crippen molar-refractivity contribution in [3.05, 3.63) is 51.7 Å². The number of thiophene rings is 1. The number of aliphatic hydroxyl groups excluding tert-OH is 1. The number of benzene rings is 1. The van der Waals surface area contributed by atoms with Crippen LogP contribution in [0.25, 0.3) is 0 Å². The Balaban J connectivity index is 1.63. The summed E-state index contributed by atoms with van der Waals surface area (Å²) in [5.41, 5.74) is 2.37. The fraction of sp³-hybridized carbons (Fsp3) is 0.375. The monoisotopic (exact) mass is 289 g/mol. The number of ether oxygens (including phenoxy) is 1. The van der Waals surface area contributed by atoms with E-state index in [1.54, 1.807) is 7.11 Å². The van der Waals surface area contributed by atoms with Crippen molar-refractivity contribution in [1.29, 1.82) is 0 Å². The fourth-order valence-corrected chi connectivity index (χ4v) is 3.53. The summed E-state index contributed by atoms with van der Waals surface area (Å²) in [4.78, 5) is 3.82. The average Bonchev–Trinajstić information content (AvgIpc) is 2.95. The van der Waals surface area contributed by atoms with Gasteiger partial charge in [0, 0.05) is 24.5 Å². The third kappa shape index (κ3) is 2.87. The fourth-order valence-electron chi connectivity index (χ4n) is 2.64. The van der Waals surface area contributed by atoms with Gasteiger partial charge in [-0.05, 0) is 41.1 Å². The summed E-state index contributed by atoms with van der Waals surface area (Å²) in [6.07, 6.45) is 0.656. The molecule has 1 N–H and O–H groups in total. The van der Waals surface area contributed by atoms with Crippen LogP contribution in [-0.4, -0.2) is 30.2 Å². The van der Waals surface area contributed by atoms with E-state index in [1.807, 2.05) is 35.6 Å². The highest BCUT2D eigenvalue weighted by atomic mass is 32.1. The second-order valence-electron chi connectivity index (χ2n) is 5.14. The standard InChI is InChI=1S/C16H19NO2S/c1-19-14-4-2-12(3-5-14)15(18)11-17-8-6-16-13(10-17)7-9-20-16/h2-5,7,9,15,18H,6,8,10-11H2,1H3. The van der Waals surface area contributed by atoms with Gasteiger partial charge < -0.3 is 9.84 Å². The maximum Gasteiger partial charge on any atom is 0.118 e. The molecule has 1 unspecified atom stereocenters. The minimum Gasteiger partial charge on any atom is -0.497 e. The van der Waals surface area contributed by atoms with Crippen molar-refractivity contribution >= 4 is 11.3 Å². The van der Waals surface area contributed by atoms with E-state index < -0.39 is 6.10 Å². The lowest BCUT2D eigenvalue weighted by atomic mass is 10.1. The van der Waals surface area contributed by atoms with E-state index in [0.29, 0.717) is 6.54 Å². The second kappa shape index (κ2) is 5.95. The van der Waals surface area contributed by atoms with Gasteiger partial charge in [0.15, 0.2) is 0 Å². The molecule has 0 saturated carbocycles. The molecule has 0 fully saturated rings. The van der Waals surface area contributed by atoms with Crippen LogP contribution < -0.4 is 4.74 Å². The molecule has 1 atom stereocenters. The lowest BCUT2D eigenvalue weighted by Gasteiger charge is -2.28. The highest BCUT2D eigenvalue weighted by Crippen LogP contribution is 2.26. The first-order chi connectivity index (χ1) is 9.76. The van der Waals surface area contributed by atoms with Gasteiger partial charge in [0.2, 0.25) is 0 Å². The molecule has 20 heavy (non-hydrogen) atoms. The van der Waals surface area contributed by atoms with E-state index in [1.165, 1.54) is 10.4 Å². The molecule has 1 aromatic carbocycles. The Morgan fingerprint density at radius 1 is 1.30 bits per heavy atom. The second-order valence-corrected chi connectivity index (χ2v) is 6.14. The van der Waals surface area contributed by atoms with Gasteiger partial charge in [-0.2, -0.15) is 0 Å². The molecular weight excluding hydrogens is 270 g/mol. The number of β-amino-alcohol motifs (C(OH)–C–C–N with tert-alkyl or cyclic N) is 1. The summed E-state index contributed by atoms with van der Waals surface area (Å²) in [5.74, 6) is 0.821. The number of methoxy groups -OCH3 is 1. The smallest absolute Gasteiger partial charge is 0.118 e. The number of nitrogens with zero attached hydrogens (tertiary/aromatic N) is 1. The third-order valence-electron chi connectivity index (χ3n) is 3.82. The Morgan fingerprint density at radius 2 is 2.10 bits per heavy atom. The molecule has 0 saturated heterocycles. The third-order valence-corrected chi connectivity index (χ3v) is 4.84. The van der Waals surface area contributed by atoms with Gasteiger partial charge in [0.05, 0.1) is 13.2 Å². The maximum absolute atomic E-state index is 10.4. The van der Waals surface area contributed by atoms with Crippen LogP contribution in [0.3, 0.4) is 0 Å².